The number of carboxylic acids is 2. The molecule has 0 aliphatic heterocycles. The van der Waals surface area contributed by atoms with Gasteiger partial charge in [0.2, 0.25) is 0 Å². The van der Waals surface area contributed by atoms with Crippen LogP contribution in [0, 0.1) is 11.8 Å². The summed E-state index contributed by atoms with van der Waals surface area (Å²) in [5.41, 5.74) is 0. The Morgan fingerprint density at radius 1 is 0.789 bits per heavy atom. The van der Waals surface area contributed by atoms with Gasteiger partial charge in [-0.1, -0.05) is 40.5 Å². The second kappa shape index (κ2) is 15.8. The van der Waals surface area contributed by atoms with Crippen molar-refractivity contribution in [1.29, 1.82) is 0 Å². The third kappa shape index (κ3) is 31.9. The summed E-state index contributed by atoms with van der Waals surface area (Å²) in [4.78, 5) is 19.7. The molecule has 0 unspecified atom stereocenters. The van der Waals surface area contributed by atoms with Crippen molar-refractivity contribution in [3.8, 4) is 0 Å². The molecule has 0 heterocycles. The van der Waals surface area contributed by atoms with Gasteiger partial charge in [0.25, 0.3) is 0 Å². The van der Waals surface area contributed by atoms with Crippen LogP contribution in [-0.2, 0) is 9.59 Å². The summed E-state index contributed by atoms with van der Waals surface area (Å²) in [6.07, 6.45) is 3.87. The number of rotatable bonds is 8. The van der Waals surface area contributed by atoms with Crippen LogP contribution in [-0.4, -0.2) is 35.0 Å². The molecule has 19 heavy (non-hydrogen) atoms. The molecule has 0 fully saturated rings. The van der Waals surface area contributed by atoms with Crippen LogP contribution in [0.1, 0.15) is 66.2 Å². The Hall–Kier alpha value is -0.294. The molecule has 0 N–H and O–H groups in total. The van der Waals surface area contributed by atoms with Gasteiger partial charge in [-0.05, 0) is 37.5 Å². The van der Waals surface area contributed by atoms with Gasteiger partial charge in [0, 0.05) is 11.9 Å². The first-order chi connectivity index (χ1) is 8.25. The Morgan fingerprint density at radius 2 is 1.05 bits per heavy atom. The molecule has 0 saturated heterocycles. The predicted molar refractivity (Wildman–Crippen MR) is 73.1 cm³/mol. The SMILES string of the molecule is CC(C)CCCC(=O)[O-].CC(C)CCCC(=O)[O-].[Mg+2]. The molecule has 0 aliphatic carbocycles. The largest absolute Gasteiger partial charge is 2.00 e. The number of carboxylic acid groups (broad SMARTS) is 2. The van der Waals surface area contributed by atoms with Gasteiger partial charge in [-0.3, -0.25) is 0 Å². The minimum Gasteiger partial charge on any atom is -0.550 e. The zero-order chi connectivity index (χ0) is 14.6. The maximum Gasteiger partial charge on any atom is 2.00 e. The van der Waals surface area contributed by atoms with Gasteiger partial charge >= 0.3 is 23.1 Å². The molecule has 0 aromatic heterocycles. The van der Waals surface area contributed by atoms with E-state index < -0.39 is 11.9 Å². The van der Waals surface area contributed by atoms with Crippen LogP contribution in [0.15, 0.2) is 0 Å². The van der Waals surface area contributed by atoms with Crippen LogP contribution in [0.25, 0.3) is 0 Å². The fourth-order valence-corrected chi connectivity index (χ4v) is 1.31. The van der Waals surface area contributed by atoms with Crippen LogP contribution >= 0.6 is 0 Å². The fourth-order valence-electron chi connectivity index (χ4n) is 1.31. The van der Waals surface area contributed by atoms with Crippen molar-refractivity contribution in [1.82, 2.24) is 0 Å². The van der Waals surface area contributed by atoms with Gasteiger partial charge in [0.15, 0.2) is 0 Å². The van der Waals surface area contributed by atoms with E-state index in [1.807, 2.05) is 0 Å². The second-order valence-electron chi connectivity index (χ2n) is 5.32. The first-order valence-corrected chi connectivity index (χ1v) is 6.65. The number of aliphatic carboxylic acids is 2. The average Bonchev–Trinajstić information content (AvgIpc) is 2.15. The van der Waals surface area contributed by atoms with Gasteiger partial charge in [-0.25, -0.2) is 0 Å². The molecule has 4 nitrogen and oxygen atoms in total. The fraction of sp³-hybridized carbons (Fsp3) is 0.857. The molecule has 0 saturated carbocycles. The van der Waals surface area contributed by atoms with Crippen molar-refractivity contribution < 1.29 is 19.8 Å². The molecular formula is C14H26MgO4. The van der Waals surface area contributed by atoms with E-state index in [1.165, 1.54) is 0 Å². The summed E-state index contributed by atoms with van der Waals surface area (Å²) in [5, 5.41) is 19.7. The molecule has 0 amide bonds. The van der Waals surface area contributed by atoms with Gasteiger partial charge in [0.05, 0.1) is 0 Å². The van der Waals surface area contributed by atoms with Crippen LogP contribution in [0.3, 0.4) is 0 Å². The van der Waals surface area contributed by atoms with E-state index in [9.17, 15) is 19.8 Å². The van der Waals surface area contributed by atoms with Crippen LogP contribution < -0.4 is 10.2 Å². The number of hydrogen-bond acceptors (Lipinski definition) is 4. The first-order valence-electron chi connectivity index (χ1n) is 6.65. The zero-order valence-corrected chi connectivity index (χ0v) is 14.2. The van der Waals surface area contributed by atoms with Gasteiger partial charge in [-0.2, -0.15) is 0 Å². The monoisotopic (exact) mass is 282 g/mol. The third-order valence-corrected chi connectivity index (χ3v) is 2.32. The van der Waals surface area contributed by atoms with Gasteiger partial charge < -0.3 is 19.8 Å². The average molecular weight is 283 g/mol. The minimum absolute atomic E-state index is 0. The quantitative estimate of drug-likeness (QED) is 0.615. The summed E-state index contributed by atoms with van der Waals surface area (Å²) in [6.45, 7) is 8.31. The van der Waals surface area contributed by atoms with Crippen LogP contribution in [0.4, 0.5) is 0 Å². The van der Waals surface area contributed by atoms with Gasteiger partial charge in [-0.15, -0.1) is 0 Å². The zero-order valence-electron chi connectivity index (χ0n) is 12.7. The molecule has 5 heteroatoms. The van der Waals surface area contributed by atoms with Crippen molar-refractivity contribution in [3.05, 3.63) is 0 Å². The molecular weight excluding hydrogens is 256 g/mol. The number of carbonyl (C=O) groups excluding carboxylic acids is 2. The van der Waals surface area contributed by atoms with E-state index >= 15 is 0 Å². The van der Waals surface area contributed by atoms with Crippen molar-refractivity contribution in [2.75, 3.05) is 0 Å². The van der Waals surface area contributed by atoms with Crippen LogP contribution in [0.2, 0.25) is 0 Å². The Kier molecular flexibility index (Phi) is 19.7. The number of carbonyl (C=O) groups is 2. The van der Waals surface area contributed by atoms with E-state index in [4.69, 9.17) is 0 Å². The molecule has 108 valence electrons. The summed E-state index contributed by atoms with van der Waals surface area (Å²) in [5.74, 6) is -0.667. The van der Waals surface area contributed by atoms with Crippen molar-refractivity contribution in [2.24, 2.45) is 11.8 Å². The molecule has 0 bridgehead atoms. The van der Waals surface area contributed by atoms with Gasteiger partial charge in [0.1, 0.15) is 0 Å². The van der Waals surface area contributed by atoms with E-state index in [1.54, 1.807) is 0 Å². The topological polar surface area (TPSA) is 80.3 Å². The van der Waals surface area contributed by atoms with Crippen molar-refractivity contribution in [3.63, 3.8) is 0 Å². The maximum absolute atomic E-state index is 9.87. The molecule has 0 rings (SSSR count). The third-order valence-electron chi connectivity index (χ3n) is 2.32. The molecule has 0 aliphatic rings. The predicted octanol–water partition coefficient (Wildman–Crippen LogP) is 0.744. The standard InChI is InChI=1S/2C7H14O2.Mg/c2*1-6(2)4-3-5-7(8)9;/h2*6H,3-5H2,1-2H3,(H,8,9);/q;;+2/p-2. The van der Waals surface area contributed by atoms with E-state index in [-0.39, 0.29) is 35.9 Å². The molecule has 0 atom stereocenters. The Labute approximate surface area is 133 Å². The maximum atomic E-state index is 9.87. The molecule has 0 spiro atoms. The van der Waals surface area contributed by atoms with Crippen LogP contribution in [0.5, 0.6) is 0 Å². The Balaban J connectivity index is -0.000000256. The van der Waals surface area contributed by atoms with Crippen molar-refractivity contribution >= 4 is 35.0 Å². The normalized spacial score (nSPS) is 9.58. The number of hydrogen-bond donors (Lipinski definition) is 0. The Morgan fingerprint density at radius 3 is 1.21 bits per heavy atom. The summed E-state index contributed by atoms with van der Waals surface area (Å²) in [6, 6.07) is 0. The van der Waals surface area contributed by atoms with E-state index in [0.717, 1.165) is 25.7 Å². The summed E-state index contributed by atoms with van der Waals surface area (Å²) in [7, 11) is 0. The summed E-state index contributed by atoms with van der Waals surface area (Å²) >= 11 is 0. The Bertz CT molecular complexity index is 203. The minimum atomic E-state index is -0.935. The molecule has 0 radical (unpaired) electrons. The van der Waals surface area contributed by atoms with E-state index in [0.29, 0.717) is 11.8 Å². The molecule has 0 aromatic carbocycles. The smallest absolute Gasteiger partial charge is 0.550 e. The summed E-state index contributed by atoms with van der Waals surface area (Å²) < 4.78 is 0. The van der Waals surface area contributed by atoms with E-state index in [2.05, 4.69) is 27.7 Å². The second-order valence-corrected chi connectivity index (χ2v) is 5.32. The molecule has 0 aromatic rings. The first kappa shape index (κ1) is 23.8. The van der Waals surface area contributed by atoms with Crippen molar-refractivity contribution in [2.45, 2.75) is 66.2 Å².